The lowest BCUT2D eigenvalue weighted by atomic mass is 10.0. The van der Waals surface area contributed by atoms with Crippen LogP contribution < -0.4 is 19.1 Å². The first-order valence-electron chi connectivity index (χ1n) is 13.6. The molecule has 1 heterocycles. The second-order valence-electron chi connectivity index (χ2n) is 9.70. The largest absolute Gasteiger partial charge is 0.454 e. The van der Waals surface area contributed by atoms with Gasteiger partial charge in [0.15, 0.2) is 11.5 Å². The summed E-state index contributed by atoms with van der Waals surface area (Å²) in [5.41, 5.74) is 1.64. The molecule has 0 saturated carbocycles. The highest BCUT2D eigenvalue weighted by Gasteiger charge is 2.34. The van der Waals surface area contributed by atoms with E-state index in [1.54, 1.807) is 30.3 Å². The summed E-state index contributed by atoms with van der Waals surface area (Å²) >= 11 is 12.6. The lowest BCUT2D eigenvalue weighted by Crippen LogP contribution is -2.53. The van der Waals surface area contributed by atoms with Gasteiger partial charge in [0, 0.05) is 35.6 Å². The second kappa shape index (κ2) is 14.1. The van der Waals surface area contributed by atoms with Crippen molar-refractivity contribution >= 4 is 50.7 Å². The average molecular weight is 635 g/mol. The van der Waals surface area contributed by atoms with Gasteiger partial charge in [-0.15, -0.1) is 0 Å². The number of fused-ring (bicyclic) bond motifs is 1. The molecule has 0 aliphatic carbocycles. The molecule has 0 unspecified atom stereocenters. The smallest absolute Gasteiger partial charge is 0.244 e. The molecule has 0 bridgehead atoms. The third kappa shape index (κ3) is 7.67. The molecule has 0 aromatic heterocycles. The number of ether oxygens (including phenoxy) is 2. The standard InChI is InChI=1S/C30H33Cl2N3O6S/c1-3-14-33-30(37)26(15-21-8-6-5-7-9-21)34(18-22-10-11-23(31)16-25(22)32)29(36)19-35(42(38,39)4-2)24-12-13-27-28(17-24)41-20-40-27/h5-13,16-17,26H,3-4,14-15,18-20H2,1-2H3,(H,33,37)/t26-/m1/s1. The summed E-state index contributed by atoms with van der Waals surface area (Å²) in [6, 6.07) is 17.9. The minimum atomic E-state index is -3.92. The fourth-order valence-corrected chi connectivity index (χ4v) is 6.04. The molecule has 4 rings (SSSR count). The number of carbonyl (C=O) groups excluding carboxylic acids is 2. The van der Waals surface area contributed by atoms with Crippen LogP contribution >= 0.6 is 23.2 Å². The number of amides is 2. The molecular formula is C30H33Cl2N3O6S. The van der Waals surface area contributed by atoms with Crippen LogP contribution in [0.1, 0.15) is 31.4 Å². The molecule has 3 aromatic carbocycles. The Morgan fingerprint density at radius 3 is 2.40 bits per heavy atom. The first-order chi connectivity index (χ1) is 20.1. The van der Waals surface area contributed by atoms with Gasteiger partial charge in [-0.2, -0.15) is 0 Å². The van der Waals surface area contributed by atoms with Gasteiger partial charge in [-0.25, -0.2) is 8.42 Å². The number of hydrogen-bond acceptors (Lipinski definition) is 6. The van der Waals surface area contributed by atoms with Crippen LogP contribution in [-0.4, -0.2) is 56.8 Å². The van der Waals surface area contributed by atoms with Gasteiger partial charge in [0.1, 0.15) is 12.6 Å². The number of rotatable bonds is 13. The van der Waals surface area contributed by atoms with E-state index in [1.165, 1.54) is 17.9 Å². The highest BCUT2D eigenvalue weighted by Crippen LogP contribution is 2.36. The molecule has 42 heavy (non-hydrogen) atoms. The molecule has 0 saturated heterocycles. The Hall–Kier alpha value is -3.47. The molecule has 12 heteroatoms. The molecule has 224 valence electrons. The second-order valence-corrected chi connectivity index (χ2v) is 12.7. The maximum atomic E-state index is 14.2. The van der Waals surface area contributed by atoms with Crippen LogP contribution in [0.4, 0.5) is 5.69 Å². The lowest BCUT2D eigenvalue weighted by molar-refractivity contribution is -0.140. The van der Waals surface area contributed by atoms with Crippen molar-refractivity contribution in [2.45, 2.75) is 39.3 Å². The summed E-state index contributed by atoms with van der Waals surface area (Å²) < 4.78 is 38.5. The van der Waals surface area contributed by atoms with E-state index in [1.807, 2.05) is 37.3 Å². The van der Waals surface area contributed by atoms with Gasteiger partial charge in [-0.3, -0.25) is 13.9 Å². The zero-order chi connectivity index (χ0) is 30.3. The van der Waals surface area contributed by atoms with E-state index < -0.39 is 28.5 Å². The van der Waals surface area contributed by atoms with Crippen molar-refractivity contribution in [2.24, 2.45) is 0 Å². The normalized spacial score (nSPS) is 13.0. The minimum Gasteiger partial charge on any atom is -0.454 e. The molecular weight excluding hydrogens is 601 g/mol. The van der Waals surface area contributed by atoms with Crippen LogP contribution in [0, 0.1) is 0 Å². The zero-order valence-corrected chi connectivity index (χ0v) is 25.7. The van der Waals surface area contributed by atoms with Crippen molar-refractivity contribution in [2.75, 3.05) is 29.9 Å². The van der Waals surface area contributed by atoms with Gasteiger partial charge in [0.2, 0.25) is 28.6 Å². The number of nitrogens with zero attached hydrogens (tertiary/aromatic N) is 2. The van der Waals surface area contributed by atoms with Gasteiger partial charge < -0.3 is 19.7 Å². The summed E-state index contributed by atoms with van der Waals surface area (Å²) in [6.45, 7) is 3.27. The molecule has 0 spiro atoms. The predicted octanol–water partition coefficient (Wildman–Crippen LogP) is 5.04. The van der Waals surface area contributed by atoms with E-state index in [0.29, 0.717) is 40.1 Å². The summed E-state index contributed by atoms with van der Waals surface area (Å²) in [5, 5.41) is 3.65. The number of halogens is 2. The molecule has 1 aliphatic heterocycles. The highest BCUT2D eigenvalue weighted by atomic mass is 35.5. The van der Waals surface area contributed by atoms with Crippen LogP contribution in [0.15, 0.2) is 66.7 Å². The predicted molar refractivity (Wildman–Crippen MR) is 164 cm³/mol. The summed E-state index contributed by atoms with van der Waals surface area (Å²) in [6.07, 6.45) is 0.908. The van der Waals surface area contributed by atoms with E-state index in [4.69, 9.17) is 32.7 Å². The molecule has 0 radical (unpaired) electrons. The third-order valence-corrected chi connectivity index (χ3v) is 9.13. The number of carbonyl (C=O) groups is 2. The fraction of sp³-hybridized carbons (Fsp3) is 0.333. The molecule has 1 atom stereocenters. The van der Waals surface area contributed by atoms with Crippen molar-refractivity contribution in [3.05, 3.63) is 87.9 Å². The van der Waals surface area contributed by atoms with Crippen molar-refractivity contribution in [1.29, 1.82) is 0 Å². The third-order valence-electron chi connectivity index (χ3n) is 6.80. The van der Waals surface area contributed by atoms with Gasteiger partial charge in [-0.05, 0) is 48.7 Å². The van der Waals surface area contributed by atoms with Gasteiger partial charge in [0.05, 0.1) is 11.4 Å². The molecule has 0 fully saturated rings. The van der Waals surface area contributed by atoms with Crippen molar-refractivity contribution in [1.82, 2.24) is 10.2 Å². The van der Waals surface area contributed by atoms with Crippen molar-refractivity contribution < 1.29 is 27.5 Å². The summed E-state index contributed by atoms with van der Waals surface area (Å²) in [4.78, 5) is 29.2. The van der Waals surface area contributed by atoms with Crippen molar-refractivity contribution in [3.8, 4) is 11.5 Å². The Balaban J connectivity index is 1.76. The minimum absolute atomic E-state index is 0.0158. The summed E-state index contributed by atoms with van der Waals surface area (Å²) in [5.74, 6) is -0.326. The van der Waals surface area contributed by atoms with Crippen LogP contribution in [0.3, 0.4) is 0 Å². The topological polar surface area (TPSA) is 105 Å². The van der Waals surface area contributed by atoms with E-state index >= 15 is 0 Å². The number of nitrogens with one attached hydrogen (secondary N) is 1. The van der Waals surface area contributed by atoms with E-state index in [2.05, 4.69) is 5.32 Å². The maximum Gasteiger partial charge on any atom is 0.244 e. The van der Waals surface area contributed by atoms with Gasteiger partial charge in [0.25, 0.3) is 0 Å². The number of hydrogen-bond donors (Lipinski definition) is 1. The maximum absolute atomic E-state index is 14.2. The Kier molecular flexibility index (Phi) is 10.6. The van der Waals surface area contributed by atoms with Crippen LogP contribution in [-0.2, 0) is 32.6 Å². The SMILES string of the molecule is CCCNC(=O)[C@@H](Cc1ccccc1)N(Cc1ccc(Cl)cc1Cl)C(=O)CN(c1ccc2c(c1)OCO2)S(=O)(=O)CC. The van der Waals surface area contributed by atoms with Gasteiger partial charge >= 0.3 is 0 Å². The van der Waals surface area contributed by atoms with Crippen molar-refractivity contribution in [3.63, 3.8) is 0 Å². The molecule has 1 N–H and O–H groups in total. The molecule has 2 amide bonds. The highest BCUT2D eigenvalue weighted by molar-refractivity contribution is 7.92. The van der Waals surface area contributed by atoms with E-state index in [0.717, 1.165) is 9.87 Å². The van der Waals surface area contributed by atoms with Crippen LogP contribution in [0.5, 0.6) is 11.5 Å². The first kappa shape index (κ1) is 31.5. The first-order valence-corrected chi connectivity index (χ1v) is 15.9. The van der Waals surface area contributed by atoms with Gasteiger partial charge in [-0.1, -0.05) is 66.5 Å². The van der Waals surface area contributed by atoms with E-state index in [9.17, 15) is 18.0 Å². The lowest BCUT2D eigenvalue weighted by Gasteiger charge is -2.34. The summed E-state index contributed by atoms with van der Waals surface area (Å²) in [7, 11) is -3.92. The number of benzene rings is 3. The molecule has 9 nitrogen and oxygen atoms in total. The Labute approximate surface area is 256 Å². The molecule has 3 aromatic rings. The molecule has 1 aliphatic rings. The number of anilines is 1. The number of sulfonamides is 1. The quantitative estimate of drug-likeness (QED) is 0.283. The fourth-order valence-electron chi connectivity index (χ4n) is 4.51. The van der Waals surface area contributed by atoms with Crippen LogP contribution in [0.25, 0.3) is 0 Å². The Morgan fingerprint density at radius 1 is 0.976 bits per heavy atom. The average Bonchev–Trinajstić information content (AvgIpc) is 3.46. The zero-order valence-electron chi connectivity index (χ0n) is 23.4. The monoisotopic (exact) mass is 633 g/mol. The van der Waals surface area contributed by atoms with E-state index in [-0.39, 0.29) is 37.1 Å². The Morgan fingerprint density at radius 2 is 1.71 bits per heavy atom. The Bertz CT molecular complexity index is 1520. The van der Waals surface area contributed by atoms with Crippen LogP contribution in [0.2, 0.25) is 10.0 Å².